The van der Waals surface area contributed by atoms with Crippen molar-refractivity contribution in [2.45, 2.75) is 31.1 Å². The maximum atomic E-state index is 13.8. The summed E-state index contributed by atoms with van der Waals surface area (Å²) in [6.45, 7) is 0. The van der Waals surface area contributed by atoms with Gasteiger partial charge in [-0.1, -0.05) is 24.4 Å². The minimum absolute atomic E-state index is 0.0727. The SMILES string of the molecule is O=C(O)C1(c2c(F)c(F)c(Cl)c(F)c2F)CCCC1. The molecule has 1 aromatic carbocycles. The van der Waals surface area contributed by atoms with Gasteiger partial charge in [0.1, 0.15) is 5.02 Å². The first-order valence-electron chi connectivity index (χ1n) is 5.58. The maximum absolute atomic E-state index is 13.8. The Balaban J connectivity index is 2.78. The Morgan fingerprint density at radius 1 is 1.00 bits per heavy atom. The van der Waals surface area contributed by atoms with Crippen molar-refractivity contribution < 1.29 is 27.5 Å². The highest BCUT2D eigenvalue weighted by Crippen LogP contribution is 2.45. The zero-order valence-corrected chi connectivity index (χ0v) is 10.3. The van der Waals surface area contributed by atoms with Gasteiger partial charge in [-0.2, -0.15) is 0 Å². The summed E-state index contributed by atoms with van der Waals surface area (Å²) in [6, 6.07) is 0. The number of halogens is 5. The second-order valence-corrected chi connectivity index (χ2v) is 4.92. The van der Waals surface area contributed by atoms with Gasteiger partial charge in [0, 0.05) is 5.56 Å². The number of carbonyl (C=O) groups is 1. The zero-order valence-electron chi connectivity index (χ0n) is 9.57. The van der Waals surface area contributed by atoms with Crippen LogP contribution in [-0.4, -0.2) is 11.1 Å². The molecule has 0 atom stereocenters. The van der Waals surface area contributed by atoms with E-state index in [1.54, 1.807) is 0 Å². The molecule has 1 aliphatic carbocycles. The number of hydrogen-bond donors (Lipinski definition) is 1. The van der Waals surface area contributed by atoms with Crippen molar-refractivity contribution in [3.05, 3.63) is 33.9 Å². The molecule has 1 saturated carbocycles. The van der Waals surface area contributed by atoms with Crippen LogP contribution in [-0.2, 0) is 10.2 Å². The van der Waals surface area contributed by atoms with Crippen LogP contribution < -0.4 is 0 Å². The van der Waals surface area contributed by atoms with E-state index >= 15 is 0 Å². The summed E-state index contributed by atoms with van der Waals surface area (Å²) in [5, 5.41) is 7.90. The second kappa shape index (κ2) is 4.67. The molecular weight excluding hydrogens is 288 g/mol. The fourth-order valence-electron chi connectivity index (χ4n) is 2.57. The topological polar surface area (TPSA) is 37.3 Å². The molecule has 1 N–H and O–H groups in total. The lowest BCUT2D eigenvalue weighted by Gasteiger charge is -2.25. The fourth-order valence-corrected chi connectivity index (χ4v) is 2.74. The van der Waals surface area contributed by atoms with Crippen LogP contribution >= 0.6 is 11.6 Å². The lowest BCUT2D eigenvalue weighted by Crippen LogP contribution is -2.35. The van der Waals surface area contributed by atoms with Crippen molar-refractivity contribution in [2.75, 3.05) is 0 Å². The summed E-state index contributed by atoms with van der Waals surface area (Å²) in [5.74, 6) is -8.48. The molecule has 0 saturated heterocycles. The van der Waals surface area contributed by atoms with Crippen molar-refractivity contribution in [3.8, 4) is 0 Å². The number of carboxylic acids is 1. The Bertz CT molecular complexity index is 524. The number of rotatable bonds is 2. The summed E-state index contributed by atoms with van der Waals surface area (Å²) in [5.41, 5.74) is -3.00. The molecule has 2 rings (SSSR count). The van der Waals surface area contributed by atoms with Crippen LogP contribution in [0.3, 0.4) is 0 Å². The van der Waals surface area contributed by atoms with Gasteiger partial charge in [-0.25, -0.2) is 17.6 Å². The normalized spacial score (nSPS) is 17.7. The molecule has 0 unspecified atom stereocenters. The van der Waals surface area contributed by atoms with E-state index in [-0.39, 0.29) is 12.8 Å². The van der Waals surface area contributed by atoms with Crippen LogP contribution in [0.2, 0.25) is 5.02 Å². The highest BCUT2D eigenvalue weighted by atomic mass is 35.5. The summed E-state index contributed by atoms with van der Waals surface area (Å²) in [4.78, 5) is 11.3. The summed E-state index contributed by atoms with van der Waals surface area (Å²) in [6.07, 6.45) is 0.682. The van der Waals surface area contributed by atoms with Gasteiger partial charge >= 0.3 is 5.97 Å². The van der Waals surface area contributed by atoms with Gasteiger partial charge < -0.3 is 5.11 Å². The van der Waals surface area contributed by atoms with Crippen molar-refractivity contribution in [3.63, 3.8) is 0 Å². The van der Waals surface area contributed by atoms with E-state index in [0.717, 1.165) is 0 Å². The number of hydrogen-bond acceptors (Lipinski definition) is 1. The quantitative estimate of drug-likeness (QED) is 0.512. The van der Waals surface area contributed by atoms with Gasteiger partial charge in [-0.15, -0.1) is 0 Å². The molecule has 1 aliphatic rings. The van der Waals surface area contributed by atoms with Crippen LogP contribution in [0.5, 0.6) is 0 Å². The molecule has 104 valence electrons. The fraction of sp³-hybridized carbons (Fsp3) is 0.417. The number of benzene rings is 1. The Labute approximate surface area is 111 Å². The van der Waals surface area contributed by atoms with E-state index in [1.807, 2.05) is 0 Å². The monoisotopic (exact) mass is 296 g/mol. The molecule has 19 heavy (non-hydrogen) atoms. The minimum Gasteiger partial charge on any atom is -0.481 e. The van der Waals surface area contributed by atoms with Crippen molar-refractivity contribution in [1.82, 2.24) is 0 Å². The van der Waals surface area contributed by atoms with E-state index in [4.69, 9.17) is 11.6 Å². The molecule has 0 aliphatic heterocycles. The van der Waals surface area contributed by atoms with Crippen LogP contribution in [0.4, 0.5) is 17.6 Å². The molecule has 7 heteroatoms. The number of carboxylic acid groups (broad SMARTS) is 1. The molecular formula is C12H9ClF4O2. The van der Waals surface area contributed by atoms with E-state index in [9.17, 15) is 27.5 Å². The molecule has 0 radical (unpaired) electrons. The Kier molecular flexibility index (Phi) is 3.47. The lowest BCUT2D eigenvalue weighted by atomic mass is 9.78. The van der Waals surface area contributed by atoms with Crippen molar-refractivity contribution in [2.24, 2.45) is 0 Å². The van der Waals surface area contributed by atoms with Crippen LogP contribution in [0.25, 0.3) is 0 Å². The van der Waals surface area contributed by atoms with E-state index in [1.165, 1.54) is 0 Å². The Morgan fingerprint density at radius 2 is 1.42 bits per heavy atom. The first-order chi connectivity index (χ1) is 8.83. The Hall–Kier alpha value is -1.30. The first-order valence-corrected chi connectivity index (χ1v) is 5.96. The lowest BCUT2D eigenvalue weighted by molar-refractivity contribution is -0.143. The van der Waals surface area contributed by atoms with Gasteiger partial charge in [0.15, 0.2) is 23.3 Å². The molecule has 0 aromatic heterocycles. The molecule has 0 amide bonds. The van der Waals surface area contributed by atoms with E-state index < -0.39 is 45.2 Å². The van der Waals surface area contributed by atoms with Gasteiger partial charge in [-0.3, -0.25) is 4.79 Å². The van der Waals surface area contributed by atoms with Gasteiger partial charge in [-0.05, 0) is 12.8 Å². The van der Waals surface area contributed by atoms with Crippen molar-refractivity contribution >= 4 is 17.6 Å². The first kappa shape index (κ1) is 14.1. The van der Waals surface area contributed by atoms with Gasteiger partial charge in [0.05, 0.1) is 5.41 Å². The van der Waals surface area contributed by atoms with Crippen molar-refractivity contribution in [1.29, 1.82) is 0 Å². The third-order valence-electron chi connectivity index (χ3n) is 3.55. The average molecular weight is 297 g/mol. The molecule has 2 nitrogen and oxygen atoms in total. The smallest absolute Gasteiger partial charge is 0.314 e. The molecule has 0 heterocycles. The van der Waals surface area contributed by atoms with Crippen LogP contribution in [0.1, 0.15) is 31.2 Å². The summed E-state index contributed by atoms with van der Waals surface area (Å²) < 4.78 is 54.5. The van der Waals surface area contributed by atoms with Gasteiger partial charge in [0.25, 0.3) is 0 Å². The number of aliphatic carboxylic acids is 1. The van der Waals surface area contributed by atoms with E-state index in [0.29, 0.717) is 12.8 Å². The molecule has 0 spiro atoms. The molecule has 1 aromatic rings. The summed E-state index contributed by atoms with van der Waals surface area (Å²) >= 11 is 5.11. The Morgan fingerprint density at radius 3 is 1.79 bits per heavy atom. The molecule has 0 bridgehead atoms. The third kappa shape index (κ3) is 1.89. The minimum atomic E-state index is -1.93. The molecule has 1 fully saturated rings. The third-order valence-corrected chi connectivity index (χ3v) is 3.89. The maximum Gasteiger partial charge on any atom is 0.314 e. The van der Waals surface area contributed by atoms with Crippen LogP contribution in [0, 0.1) is 23.3 Å². The van der Waals surface area contributed by atoms with Crippen LogP contribution in [0.15, 0.2) is 0 Å². The largest absolute Gasteiger partial charge is 0.481 e. The zero-order chi connectivity index (χ0) is 14.4. The standard InChI is InChI=1S/C12H9ClF4O2/c13-6-9(16)7(14)5(8(15)10(6)17)12(11(18)19)3-1-2-4-12/h1-4H2,(H,18,19). The highest BCUT2D eigenvalue weighted by Gasteiger charge is 2.48. The van der Waals surface area contributed by atoms with E-state index in [2.05, 4.69) is 0 Å². The predicted molar refractivity (Wildman–Crippen MR) is 59.1 cm³/mol. The average Bonchev–Trinajstić information content (AvgIpc) is 2.85. The summed E-state index contributed by atoms with van der Waals surface area (Å²) in [7, 11) is 0. The van der Waals surface area contributed by atoms with Gasteiger partial charge in [0.2, 0.25) is 0 Å². The highest BCUT2D eigenvalue weighted by molar-refractivity contribution is 6.30. The predicted octanol–water partition coefficient (Wildman–Crippen LogP) is 3.79. The second-order valence-electron chi connectivity index (χ2n) is 4.54.